The minimum Gasteiger partial charge on any atom is -0.503 e. The van der Waals surface area contributed by atoms with E-state index in [1.54, 1.807) is 28.1 Å². The third-order valence-electron chi connectivity index (χ3n) is 6.86. The van der Waals surface area contributed by atoms with E-state index in [0.717, 1.165) is 11.3 Å². The SMILES string of the molecule is COCC[C@H](Cc1ccc(OC)cc1)[C@@H](Oc1ccccc1)[C@H](C)OC(=O)[C@H](C)CC(=O)c1nccc(OC)c1O. The number of ketones is 1. The average Bonchev–Trinajstić information content (AvgIpc) is 2.98. The number of aromatic hydroxyl groups is 1. The maximum absolute atomic E-state index is 13.2. The predicted molar refractivity (Wildman–Crippen MR) is 154 cm³/mol. The molecule has 3 aromatic rings. The van der Waals surface area contributed by atoms with Gasteiger partial charge in [0.15, 0.2) is 23.0 Å². The first-order valence-electron chi connectivity index (χ1n) is 13.6. The van der Waals surface area contributed by atoms with Crippen LogP contribution in [0, 0.1) is 11.8 Å². The third kappa shape index (κ3) is 8.94. The summed E-state index contributed by atoms with van der Waals surface area (Å²) >= 11 is 0. The lowest BCUT2D eigenvalue weighted by Crippen LogP contribution is -2.42. The van der Waals surface area contributed by atoms with Crippen LogP contribution in [0.5, 0.6) is 23.0 Å². The monoisotopic (exact) mass is 565 g/mol. The second-order valence-electron chi connectivity index (χ2n) is 9.87. The fraction of sp³-hybridized carbons (Fsp3) is 0.406. The van der Waals surface area contributed by atoms with Gasteiger partial charge in [0.1, 0.15) is 23.7 Å². The molecule has 9 nitrogen and oxygen atoms in total. The zero-order chi connectivity index (χ0) is 29.8. The molecular weight excluding hydrogens is 526 g/mol. The summed E-state index contributed by atoms with van der Waals surface area (Å²) in [5, 5.41) is 10.3. The summed E-state index contributed by atoms with van der Waals surface area (Å²) in [6.07, 6.45) is 1.33. The van der Waals surface area contributed by atoms with Gasteiger partial charge in [-0.15, -0.1) is 0 Å². The molecule has 0 fully saturated rings. The van der Waals surface area contributed by atoms with E-state index in [1.807, 2.05) is 54.6 Å². The van der Waals surface area contributed by atoms with Crippen molar-refractivity contribution in [2.45, 2.75) is 45.3 Å². The molecule has 4 atom stereocenters. The van der Waals surface area contributed by atoms with Crippen LogP contribution in [0.1, 0.15) is 42.7 Å². The Morgan fingerprint density at radius 1 is 0.902 bits per heavy atom. The van der Waals surface area contributed by atoms with Gasteiger partial charge in [0, 0.05) is 38.3 Å². The van der Waals surface area contributed by atoms with Crippen molar-refractivity contribution in [1.82, 2.24) is 4.98 Å². The van der Waals surface area contributed by atoms with Gasteiger partial charge >= 0.3 is 5.97 Å². The Labute approximate surface area is 241 Å². The molecule has 41 heavy (non-hydrogen) atoms. The molecule has 0 radical (unpaired) electrons. The van der Waals surface area contributed by atoms with Gasteiger partial charge in [-0.1, -0.05) is 37.3 Å². The van der Waals surface area contributed by atoms with Crippen LogP contribution in [0.3, 0.4) is 0 Å². The molecular formula is C32H39NO8. The summed E-state index contributed by atoms with van der Waals surface area (Å²) in [5.74, 6) is -0.701. The van der Waals surface area contributed by atoms with E-state index in [4.69, 9.17) is 23.7 Å². The Bertz CT molecular complexity index is 1250. The molecule has 0 saturated heterocycles. The summed E-state index contributed by atoms with van der Waals surface area (Å²) in [5.41, 5.74) is 0.929. The molecule has 9 heteroatoms. The number of benzene rings is 2. The lowest BCUT2D eigenvalue weighted by Gasteiger charge is -2.33. The maximum Gasteiger partial charge on any atom is 0.309 e. The Kier molecular flexibility index (Phi) is 12.0. The van der Waals surface area contributed by atoms with Gasteiger partial charge in [-0.05, 0) is 49.6 Å². The summed E-state index contributed by atoms with van der Waals surface area (Å²) < 4.78 is 28.1. The van der Waals surface area contributed by atoms with Crippen molar-refractivity contribution in [2.75, 3.05) is 27.9 Å². The smallest absolute Gasteiger partial charge is 0.309 e. The van der Waals surface area contributed by atoms with E-state index in [-0.39, 0.29) is 29.5 Å². The zero-order valence-corrected chi connectivity index (χ0v) is 24.2. The van der Waals surface area contributed by atoms with Gasteiger partial charge in [-0.2, -0.15) is 0 Å². The highest BCUT2D eigenvalue weighted by atomic mass is 16.6. The number of hydrogen-bond acceptors (Lipinski definition) is 9. The van der Waals surface area contributed by atoms with Crippen molar-refractivity contribution >= 4 is 11.8 Å². The Morgan fingerprint density at radius 2 is 1.61 bits per heavy atom. The van der Waals surface area contributed by atoms with Crippen LogP contribution in [0.15, 0.2) is 66.9 Å². The van der Waals surface area contributed by atoms with Crippen molar-refractivity contribution in [2.24, 2.45) is 11.8 Å². The van der Waals surface area contributed by atoms with E-state index in [1.165, 1.54) is 19.4 Å². The quantitative estimate of drug-likeness (QED) is 0.183. The van der Waals surface area contributed by atoms with Gasteiger partial charge in [0.2, 0.25) is 0 Å². The first-order chi connectivity index (χ1) is 19.8. The minimum absolute atomic E-state index is 0.0683. The molecule has 0 amide bonds. The van der Waals surface area contributed by atoms with Gasteiger partial charge in [0.25, 0.3) is 0 Å². The van der Waals surface area contributed by atoms with Crippen LogP contribution < -0.4 is 14.2 Å². The van der Waals surface area contributed by atoms with Crippen LogP contribution in [0.25, 0.3) is 0 Å². The van der Waals surface area contributed by atoms with E-state index in [9.17, 15) is 14.7 Å². The highest BCUT2D eigenvalue weighted by Crippen LogP contribution is 2.30. The molecule has 0 aliphatic carbocycles. The molecule has 1 aromatic heterocycles. The van der Waals surface area contributed by atoms with Crippen molar-refractivity contribution in [3.63, 3.8) is 0 Å². The van der Waals surface area contributed by atoms with Crippen molar-refractivity contribution < 1.29 is 38.4 Å². The minimum atomic E-state index is -0.784. The molecule has 0 saturated carbocycles. The Balaban J connectivity index is 1.78. The normalized spacial score (nSPS) is 13.9. The summed E-state index contributed by atoms with van der Waals surface area (Å²) in [4.78, 5) is 30.0. The second-order valence-corrected chi connectivity index (χ2v) is 9.87. The standard InChI is InChI=1S/C32H39NO8/c1-21(19-27(34)29-30(35)28(39-5)15-17-33-29)32(36)40-22(2)31(41-26-9-7-6-8-10-26)24(16-18-37-3)20-23-11-13-25(38-4)14-12-23/h6-15,17,21-22,24,31,35H,16,18-20H2,1-5H3/t21-,22+,24-,31+/m1/s1. The molecule has 0 aliphatic rings. The average molecular weight is 566 g/mol. The van der Waals surface area contributed by atoms with Gasteiger partial charge in [-0.25, -0.2) is 4.98 Å². The highest BCUT2D eigenvalue weighted by Gasteiger charge is 2.33. The number of rotatable bonds is 16. The van der Waals surface area contributed by atoms with E-state index in [2.05, 4.69) is 4.98 Å². The second kappa shape index (κ2) is 15.6. The molecule has 0 aliphatic heterocycles. The number of para-hydroxylation sites is 1. The van der Waals surface area contributed by atoms with E-state index in [0.29, 0.717) is 25.2 Å². The number of carbonyl (C=O) groups is 2. The predicted octanol–water partition coefficient (Wildman–Crippen LogP) is 5.29. The number of Topliss-reactive ketones (excluding diaryl/α,β-unsaturated/α-hetero) is 1. The van der Waals surface area contributed by atoms with E-state index < -0.39 is 29.9 Å². The summed E-state index contributed by atoms with van der Waals surface area (Å²) in [7, 11) is 4.66. The lowest BCUT2D eigenvalue weighted by atomic mass is 9.88. The molecule has 1 N–H and O–H groups in total. The lowest BCUT2D eigenvalue weighted by molar-refractivity contribution is -0.159. The van der Waals surface area contributed by atoms with Crippen LogP contribution >= 0.6 is 0 Å². The number of nitrogens with zero attached hydrogens (tertiary/aromatic N) is 1. The van der Waals surface area contributed by atoms with Crippen LogP contribution in [-0.2, 0) is 20.7 Å². The fourth-order valence-electron chi connectivity index (χ4n) is 4.58. The highest BCUT2D eigenvalue weighted by molar-refractivity contribution is 5.99. The van der Waals surface area contributed by atoms with Crippen molar-refractivity contribution in [1.29, 1.82) is 0 Å². The molecule has 2 aromatic carbocycles. The number of carbonyl (C=O) groups excluding carboxylic acids is 2. The number of esters is 1. The van der Waals surface area contributed by atoms with Gasteiger partial charge in [-0.3, -0.25) is 9.59 Å². The number of pyridine rings is 1. The van der Waals surface area contributed by atoms with Crippen LogP contribution in [0.2, 0.25) is 0 Å². The maximum atomic E-state index is 13.2. The number of aromatic nitrogens is 1. The Hall–Kier alpha value is -4.11. The topological polar surface area (TPSA) is 113 Å². The van der Waals surface area contributed by atoms with Crippen LogP contribution in [-0.4, -0.2) is 62.0 Å². The number of ether oxygens (including phenoxy) is 5. The molecule has 1 heterocycles. The zero-order valence-electron chi connectivity index (χ0n) is 24.2. The van der Waals surface area contributed by atoms with Gasteiger partial charge in [0.05, 0.1) is 20.1 Å². The fourth-order valence-corrected chi connectivity index (χ4v) is 4.58. The molecule has 0 bridgehead atoms. The molecule has 3 rings (SSSR count). The summed E-state index contributed by atoms with van der Waals surface area (Å²) in [6, 6.07) is 18.7. The van der Waals surface area contributed by atoms with Crippen LogP contribution in [0.4, 0.5) is 0 Å². The summed E-state index contributed by atoms with van der Waals surface area (Å²) in [6.45, 7) is 3.90. The number of methoxy groups -OCH3 is 3. The first-order valence-corrected chi connectivity index (χ1v) is 13.6. The molecule has 220 valence electrons. The number of hydrogen-bond donors (Lipinski definition) is 1. The van der Waals surface area contributed by atoms with Gasteiger partial charge < -0.3 is 28.8 Å². The molecule has 0 unspecified atom stereocenters. The van der Waals surface area contributed by atoms with Crippen molar-refractivity contribution in [3.8, 4) is 23.0 Å². The third-order valence-corrected chi connectivity index (χ3v) is 6.86. The molecule has 0 spiro atoms. The van der Waals surface area contributed by atoms with E-state index >= 15 is 0 Å². The largest absolute Gasteiger partial charge is 0.503 e. The first kappa shape index (κ1) is 31.4. The van der Waals surface area contributed by atoms with Crippen molar-refractivity contribution in [3.05, 3.63) is 78.1 Å². The Morgan fingerprint density at radius 3 is 2.24 bits per heavy atom.